The number of likely N-dealkylation sites (tertiary alicyclic amines) is 1. The van der Waals surface area contributed by atoms with Gasteiger partial charge in [0, 0.05) is 18.7 Å². The summed E-state index contributed by atoms with van der Waals surface area (Å²) in [4.78, 5) is 25.5. The molecule has 1 aromatic carbocycles. The second-order valence-electron chi connectivity index (χ2n) is 6.23. The van der Waals surface area contributed by atoms with Gasteiger partial charge in [0.15, 0.2) is 0 Å². The molecule has 0 radical (unpaired) electrons. The van der Waals surface area contributed by atoms with E-state index in [9.17, 15) is 14.7 Å². The van der Waals surface area contributed by atoms with Crippen molar-refractivity contribution in [3.05, 3.63) is 41.0 Å². The Balaban J connectivity index is 1.81. The molecule has 0 aliphatic carbocycles. The zero-order valence-corrected chi connectivity index (χ0v) is 14.0. The molecule has 1 saturated heterocycles. The van der Waals surface area contributed by atoms with Crippen molar-refractivity contribution >= 4 is 23.5 Å². The number of amides is 1. The number of piperidine rings is 1. The summed E-state index contributed by atoms with van der Waals surface area (Å²) in [5.74, 6) is -1.47. The molecule has 1 aromatic heterocycles. The third kappa shape index (κ3) is 3.28. The number of carboxylic acid groups (broad SMARTS) is 1. The molecule has 2 N–H and O–H groups in total. The number of nitrogens with zero attached hydrogens (tertiary/aromatic N) is 2. The quantitative estimate of drug-likeness (QED) is 0.893. The largest absolute Gasteiger partial charge is 0.481 e. The minimum atomic E-state index is -0.860. The molecule has 6 nitrogen and oxygen atoms in total. The first-order chi connectivity index (χ1) is 11.5. The zero-order chi connectivity index (χ0) is 17.3. The number of carboxylic acids is 1. The number of hydrogen-bond acceptors (Lipinski definition) is 3. The Morgan fingerprint density at radius 1 is 1.33 bits per heavy atom. The summed E-state index contributed by atoms with van der Waals surface area (Å²) in [6, 6.07) is 8.92. The van der Waals surface area contributed by atoms with Crippen LogP contribution in [0.4, 0.5) is 0 Å². The summed E-state index contributed by atoms with van der Waals surface area (Å²) in [7, 11) is 0. The highest BCUT2D eigenvalue weighted by atomic mass is 35.5. The van der Waals surface area contributed by atoms with Crippen molar-refractivity contribution in [2.75, 3.05) is 13.1 Å². The van der Waals surface area contributed by atoms with E-state index in [0.717, 1.165) is 5.56 Å². The van der Waals surface area contributed by atoms with Gasteiger partial charge in [0.25, 0.3) is 5.91 Å². The molecule has 2 aromatic rings. The van der Waals surface area contributed by atoms with Crippen molar-refractivity contribution in [1.82, 2.24) is 15.1 Å². The number of H-pyrrole nitrogens is 1. The summed E-state index contributed by atoms with van der Waals surface area (Å²) in [6.07, 6.45) is 0.590. The molecule has 0 bridgehead atoms. The van der Waals surface area contributed by atoms with Crippen molar-refractivity contribution in [3.63, 3.8) is 0 Å². The molecule has 126 valence electrons. The smallest absolute Gasteiger partial charge is 0.308 e. The van der Waals surface area contributed by atoms with E-state index in [1.54, 1.807) is 17.0 Å². The molecule has 2 atom stereocenters. The number of rotatable bonds is 3. The number of hydrogen-bond donors (Lipinski definition) is 2. The van der Waals surface area contributed by atoms with Gasteiger partial charge in [-0.1, -0.05) is 36.7 Å². The molecule has 0 spiro atoms. The summed E-state index contributed by atoms with van der Waals surface area (Å²) >= 11 is 6.15. The minimum Gasteiger partial charge on any atom is -0.481 e. The van der Waals surface area contributed by atoms with Crippen LogP contribution in [0.15, 0.2) is 30.3 Å². The number of aromatic nitrogens is 2. The summed E-state index contributed by atoms with van der Waals surface area (Å²) in [5.41, 5.74) is 1.66. The van der Waals surface area contributed by atoms with E-state index >= 15 is 0 Å². The number of halogens is 1. The third-order valence-corrected chi connectivity index (χ3v) is 4.58. The predicted molar refractivity (Wildman–Crippen MR) is 89.8 cm³/mol. The molecule has 1 amide bonds. The highest BCUT2D eigenvalue weighted by Gasteiger charge is 2.32. The van der Waals surface area contributed by atoms with Gasteiger partial charge in [-0.05, 0) is 24.5 Å². The standard InChI is InChI=1S/C17H18ClN3O3/c1-10-6-11(17(23)24)9-21(8-10)16(22)15-7-14(19-20-15)12-4-2-3-5-13(12)18/h2-5,7,10-11H,6,8-9H2,1H3,(H,19,20)(H,23,24). The van der Waals surface area contributed by atoms with Crippen LogP contribution in [0.1, 0.15) is 23.8 Å². The Bertz CT molecular complexity index is 774. The fourth-order valence-corrected chi connectivity index (χ4v) is 3.34. The van der Waals surface area contributed by atoms with Gasteiger partial charge in [-0.2, -0.15) is 5.10 Å². The summed E-state index contributed by atoms with van der Waals surface area (Å²) in [5, 5.41) is 16.7. The third-order valence-electron chi connectivity index (χ3n) is 4.25. The molecule has 7 heteroatoms. The molecule has 2 unspecified atom stereocenters. The van der Waals surface area contributed by atoms with E-state index < -0.39 is 11.9 Å². The number of aliphatic carboxylic acids is 1. The zero-order valence-electron chi connectivity index (χ0n) is 13.2. The van der Waals surface area contributed by atoms with Crippen LogP contribution in [0.5, 0.6) is 0 Å². The fraction of sp³-hybridized carbons (Fsp3) is 0.353. The van der Waals surface area contributed by atoms with Crippen LogP contribution >= 0.6 is 11.6 Å². The number of benzene rings is 1. The lowest BCUT2D eigenvalue weighted by Crippen LogP contribution is -2.45. The first-order valence-corrected chi connectivity index (χ1v) is 8.16. The van der Waals surface area contributed by atoms with Crippen molar-refractivity contribution in [2.45, 2.75) is 13.3 Å². The summed E-state index contributed by atoms with van der Waals surface area (Å²) < 4.78 is 0. The van der Waals surface area contributed by atoms with Gasteiger partial charge in [0.2, 0.25) is 0 Å². The van der Waals surface area contributed by atoms with E-state index in [4.69, 9.17) is 11.6 Å². The molecule has 3 rings (SSSR count). The van der Waals surface area contributed by atoms with Crippen LogP contribution in [-0.4, -0.2) is 45.2 Å². The van der Waals surface area contributed by atoms with Gasteiger partial charge in [-0.15, -0.1) is 0 Å². The number of carbonyl (C=O) groups excluding carboxylic acids is 1. The van der Waals surface area contributed by atoms with Crippen molar-refractivity contribution in [3.8, 4) is 11.3 Å². The maximum absolute atomic E-state index is 12.7. The predicted octanol–water partition coefficient (Wildman–Crippen LogP) is 2.91. The number of nitrogens with one attached hydrogen (secondary N) is 1. The van der Waals surface area contributed by atoms with E-state index in [0.29, 0.717) is 29.4 Å². The second kappa shape index (κ2) is 6.65. The monoisotopic (exact) mass is 347 g/mol. The van der Waals surface area contributed by atoms with Gasteiger partial charge in [0.05, 0.1) is 16.6 Å². The molecule has 1 aliphatic heterocycles. The van der Waals surface area contributed by atoms with Crippen LogP contribution < -0.4 is 0 Å². The molecule has 2 heterocycles. The van der Waals surface area contributed by atoms with Crippen molar-refractivity contribution < 1.29 is 14.7 Å². The Hall–Kier alpha value is -2.34. The molecule has 1 aliphatic rings. The van der Waals surface area contributed by atoms with Crippen LogP contribution in [0.25, 0.3) is 11.3 Å². The summed E-state index contributed by atoms with van der Waals surface area (Å²) in [6.45, 7) is 2.72. The number of carbonyl (C=O) groups is 2. The molecule has 24 heavy (non-hydrogen) atoms. The van der Waals surface area contributed by atoms with E-state index in [2.05, 4.69) is 10.2 Å². The maximum atomic E-state index is 12.7. The molecular weight excluding hydrogens is 330 g/mol. The molecular formula is C17H18ClN3O3. The average molecular weight is 348 g/mol. The normalized spacial score (nSPS) is 20.8. The van der Waals surface area contributed by atoms with Crippen LogP contribution in [0.3, 0.4) is 0 Å². The first kappa shape index (κ1) is 16.5. The average Bonchev–Trinajstić information content (AvgIpc) is 3.03. The van der Waals surface area contributed by atoms with E-state index in [1.165, 1.54) is 0 Å². The molecule has 0 saturated carbocycles. The van der Waals surface area contributed by atoms with Gasteiger partial charge in [-0.25, -0.2) is 0 Å². The second-order valence-corrected chi connectivity index (χ2v) is 6.64. The minimum absolute atomic E-state index is 0.148. The lowest BCUT2D eigenvalue weighted by Gasteiger charge is -2.34. The Morgan fingerprint density at radius 2 is 2.08 bits per heavy atom. The SMILES string of the molecule is CC1CC(C(=O)O)CN(C(=O)c2cc(-c3ccccc3Cl)n[nH]2)C1. The van der Waals surface area contributed by atoms with Crippen LogP contribution in [0.2, 0.25) is 5.02 Å². The lowest BCUT2D eigenvalue weighted by atomic mass is 9.90. The Kier molecular flexibility index (Phi) is 4.57. The Morgan fingerprint density at radius 3 is 2.79 bits per heavy atom. The van der Waals surface area contributed by atoms with Crippen molar-refractivity contribution in [2.24, 2.45) is 11.8 Å². The maximum Gasteiger partial charge on any atom is 0.308 e. The van der Waals surface area contributed by atoms with Gasteiger partial charge in [0.1, 0.15) is 5.69 Å². The van der Waals surface area contributed by atoms with Crippen LogP contribution in [0, 0.1) is 11.8 Å². The molecule has 1 fully saturated rings. The van der Waals surface area contributed by atoms with Gasteiger partial charge < -0.3 is 10.0 Å². The Labute approximate surface area is 144 Å². The van der Waals surface area contributed by atoms with Gasteiger partial charge >= 0.3 is 5.97 Å². The number of aromatic amines is 1. The fourth-order valence-electron chi connectivity index (χ4n) is 3.10. The van der Waals surface area contributed by atoms with Gasteiger partial charge in [-0.3, -0.25) is 14.7 Å². The van der Waals surface area contributed by atoms with E-state index in [-0.39, 0.29) is 18.4 Å². The van der Waals surface area contributed by atoms with Crippen molar-refractivity contribution in [1.29, 1.82) is 0 Å². The van der Waals surface area contributed by atoms with Crippen LogP contribution in [-0.2, 0) is 4.79 Å². The topological polar surface area (TPSA) is 86.3 Å². The highest BCUT2D eigenvalue weighted by Crippen LogP contribution is 2.27. The van der Waals surface area contributed by atoms with E-state index in [1.807, 2.05) is 25.1 Å². The lowest BCUT2D eigenvalue weighted by molar-refractivity contribution is -0.143. The highest BCUT2D eigenvalue weighted by molar-refractivity contribution is 6.33. The first-order valence-electron chi connectivity index (χ1n) is 7.78.